The van der Waals surface area contributed by atoms with E-state index in [-0.39, 0.29) is 17.1 Å². The molecule has 1 N–H and O–H groups in total. The number of sulfonamides is 1. The lowest BCUT2D eigenvalue weighted by molar-refractivity contribution is 0.151. The van der Waals surface area contributed by atoms with Crippen molar-refractivity contribution in [1.29, 1.82) is 5.26 Å². The van der Waals surface area contributed by atoms with Crippen LogP contribution < -0.4 is 0 Å². The minimum Gasteiger partial charge on any atom is -0.395 e. The van der Waals surface area contributed by atoms with E-state index in [9.17, 15) is 12.8 Å². The van der Waals surface area contributed by atoms with Crippen molar-refractivity contribution in [2.75, 3.05) is 39.3 Å². The van der Waals surface area contributed by atoms with Gasteiger partial charge in [-0.1, -0.05) is 0 Å². The van der Waals surface area contributed by atoms with Gasteiger partial charge in [0.15, 0.2) is 0 Å². The van der Waals surface area contributed by atoms with Crippen molar-refractivity contribution in [3.8, 4) is 6.07 Å². The summed E-state index contributed by atoms with van der Waals surface area (Å²) in [6.07, 6.45) is 0. The van der Waals surface area contributed by atoms with Crippen LogP contribution in [0.15, 0.2) is 23.1 Å². The minimum atomic E-state index is -3.72. The summed E-state index contributed by atoms with van der Waals surface area (Å²) in [5.41, 5.74) is -0.282. The SMILES string of the molecule is N#Cc1cc(S(=O)(=O)N2CCN(CCO)CC2)ccc1F. The molecule has 1 heterocycles. The number of hydrogen-bond donors (Lipinski definition) is 1. The highest BCUT2D eigenvalue weighted by atomic mass is 32.2. The Morgan fingerprint density at radius 2 is 1.95 bits per heavy atom. The Bertz CT molecular complexity index is 649. The number of nitrogens with zero attached hydrogens (tertiary/aromatic N) is 3. The highest BCUT2D eigenvalue weighted by Gasteiger charge is 2.28. The maximum absolute atomic E-state index is 13.3. The van der Waals surface area contributed by atoms with Gasteiger partial charge < -0.3 is 5.11 Å². The van der Waals surface area contributed by atoms with Crippen LogP contribution in [0.4, 0.5) is 4.39 Å². The summed E-state index contributed by atoms with van der Waals surface area (Å²) in [5, 5.41) is 17.7. The molecule has 0 spiro atoms. The quantitative estimate of drug-likeness (QED) is 0.845. The minimum absolute atomic E-state index is 0.0379. The van der Waals surface area contributed by atoms with Crippen molar-refractivity contribution in [2.24, 2.45) is 0 Å². The number of hydrogen-bond acceptors (Lipinski definition) is 5. The molecule has 1 aromatic carbocycles. The van der Waals surface area contributed by atoms with Gasteiger partial charge in [-0.05, 0) is 18.2 Å². The molecule has 1 aliphatic rings. The van der Waals surface area contributed by atoms with Crippen molar-refractivity contribution in [3.63, 3.8) is 0 Å². The Morgan fingerprint density at radius 1 is 1.29 bits per heavy atom. The average Bonchev–Trinajstić information content (AvgIpc) is 2.48. The Morgan fingerprint density at radius 3 is 2.52 bits per heavy atom. The molecule has 0 amide bonds. The van der Waals surface area contributed by atoms with E-state index < -0.39 is 15.8 Å². The summed E-state index contributed by atoms with van der Waals surface area (Å²) < 4.78 is 39.5. The topological polar surface area (TPSA) is 84.6 Å². The summed E-state index contributed by atoms with van der Waals surface area (Å²) in [6, 6.07) is 4.87. The number of halogens is 1. The normalized spacial score (nSPS) is 17.6. The van der Waals surface area contributed by atoms with Crippen molar-refractivity contribution in [1.82, 2.24) is 9.21 Å². The summed E-state index contributed by atoms with van der Waals surface area (Å²) in [6.45, 7) is 2.24. The van der Waals surface area contributed by atoms with Gasteiger partial charge in [0.1, 0.15) is 11.9 Å². The van der Waals surface area contributed by atoms with Crippen molar-refractivity contribution >= 4 is 10.0 Å². The molecule has 0 aromatic heterocycles. The Hall–Kier alpha value is -1.53. The fraction of sp³-hybridized carbons (Fsp3) is 0.462. The molecule has 0 atom stereocenters. The number of benzene rings is 1. The van der Waals surface area contributed by atoms with Crippen LogP contribution in [-0.4, -0.2) is 62.1 Å². The van der Waals surface area contributed by atoms with Crippen LogP contribution >= 0.6 is 0 Å². The molecule has 8 heteroatoms. The average molecular weight is 313 g/mol. The molecule has 0 aliphatic carbocycles. The third-order valence-corrected chi connectivity index (χ3v) is 5.34. The number of aliphatic hydroxyl groups is 1. The van der Waals surface area contributed by atoms with Crippen LogP contribution in [0.5, 0.6) is 0 Å². The van der Waals surface area contributed by atoms with Gasteiger partial charge >= 0.3 is 0 Å². The largest absolute Gasteiger partial charge is 0.395 e. The van der Waals surface area contributed by atoms with Crippen molar-refractivity contribution < 1.29 is 17.9 Å². The van der Waals surface area contributed by atoms with Crippen LogP contribution in [0.25, 0.3) is 0 Å². The lowest BCUT2D eigenvalue weighted by atomic mass is 10.2. The monoisotopic (exact) mass is 313 g/mol. The molecule has 1 aromatic rings. The van der Waals surface area contributed by atoms with Crippen LogP contribution in [0.3, 0.4) is 0 Å². The van der Waals surface area contributed by atoms with Gasteiger partial charge in [0.2, 0.25) is 10.0 Å². The Balaban J connectivity index is 2.18. The highest BCUT2D eigenvalue weighted by Crippen LogP contribution is 2.20. The number of piperazine rings is 1. The van der Waals surface area contributed by atoms with Gasteiger partial charge in [-0.3, -0.25) is 4.90 Å². The van der Waals surface area contributed by atoms with Crippen molar-refractivity contribution in [3.05, 3.63) is 29.6 Å². The van der Waals surface area contributed by atoms with E-state index in [1.165, 1.54) is 10.4 Å². The fourth-order valence-electron chi connectivity index (χ4n) is 2.23. The summed E-state index contributed by atoms with van der Waals surface area (Å²) in [5.74, 6) is -0.732. The summed E-state index contributed by atoms with van der Waals surface area (Å²) in [7, 11) is -3.72. The summed E-state index contributed by atoms with van der Waals surface area (Å²) >= 11 is 0. The molecule has 114 valence electrons. The smallest absolute Gasteiger partial charge is 0.243 e. The molecule has 0 radical (unpaired) electrons. The van der Waals surface area contributed by atoms with Crippen LogP contribution in [0.1, 0.15) is 5.56 Å². The van der Waals surface area contributed by atoms with Crippen molar-refractivity contribution in [2.45, 2.75) is 4.90 Å². The van der Waals surface area contributed by atoms with E-state index in [0.29, 0.717) is 32.7 Å². The molecular formula is C13H16FN3O3S. The Kier molecular flexibility index (Phi) is 4.90. The zero-order valence-electron chi connectivity index (χ0n) is 11.4. The zero-order valence-corrected chi connectivity index (χ0v) is 12.2. The van der Waals surface area contributed by atoms with Gasteiger partial charge in [-0.25, -0.2) is 12.8 Å². The standard InChI is InChI=1S/C13H16FN3O3S/c14-13-2-1-12(9-11(13)10-15)21(19,20)17-5-3-16(4-6-17)7-8-18/h1-2,9,18H,3-8H2. The molecule has 21 heavy (non-hydrogen) atoms. The number of β-amino-alcohol motifs (C(OH)–C–C–N with tert-alkyl or cyclic N) is 1. The molecule has 0 unspecified atom stereocenters. The van der Waals surface area contributed by atoms with Gasteiger partial charge in [-0.2, -0.15) is 9.57 Å². The zero-order chi connectivity index (χ0) is 15.5. The second-order valence-corrected chi connectivity index (χ2v) is 6.66. The van der Waals surface area contributed by atoms with Crippen LogP contribution in [0, 0.1) is 17.1 Å². The lowest BCUT2D eigenvalue weighted by Gasteiger charge is -2.33. The first-order valence-electron chi connectivity index (χ1n) is 6.52. The second-order valence-electron chi connectivity index (χ2n) is 4.72. The van der Waals surface area contributed by atoms with E-state index >= 15 is 0 Å². The summed E-state index contributed by atoms with van der Waals surface area (Å²) in [4.78, 5) is 1.90. The number of rotatable bonds is 4. The second kappa shape index (κ2) is 6.49. The van der Waals surface area contributed by atoms with Gasteiger partial charge in [0, 0.05) is 32.7 Å². The lowest BCUT2D eigenvalue weighted by Crippen LogP contribution is -2.49. The van der Waals surface area contributed by atoms with Crippen LogP contribution in [-0.2, 0) is 10.0 Å². The Labute approximate surface area is 123 Å². The van der Waals surface area contributed by atoms with Gasteiger partial charge in [0.05, 0.1) is 17.1 Å². The third kappa shape index (κ3) is 3.39. The van der Waals surface area contributed by atoms with E-state index in [1.54, 1.807) is 6.07 Å². The molecule has 0 bridgehead atoms. The molecule has 6 nitrogen and oxygen atoms in total. The maximum atomic E-state index is 13.3. The first kappa shape index (κ1) is 15.9. The molecule has 1 fully saturated rings. The van der Waals surface area contributed by atoms with Gasteiger partial charge in [0.25, 0.3) is 0 Å². The number of nitriles is 1. The van der Waals surface area contributed by atoms with Gasteiger partial charge in [-0.15, -0.1) is 0 Å². The third-order valence-electron chi connectivity index (χ3n) is 3.44. The van der Waals surface area contributed by atoms with E-state index in [0.717, 1.165) is 12.1 Å². The molecule has 1 saturated heterocycles. The molecule has 2 rings (SSSR count). The highest BCUT2D eigenvalue weighted by molar-refractivity contribution is 7.89. The van der Waals surface area contributed by atoms with Crippen LogP contribution in [0.2, 0.25) is 0 Å². The molecular weight excluding hydrogens is 297 g/mol. The maximum Gasteiger partial charge on any atom is 0.243 e. The molecule has 1 aliphatic heterocycles. The fourth-order valence-corrected chi connectivity index (χ4v) is 3.68. The van der Waals surface area contributed by atoms with E-state index in [1.807, 2.05) is 4.90 Å². The van der Waals surface area contributed by atoms with E-state index in [2.05, 4.69) is 0 Å². The first-order chi connectivity index (χ1) is 9.98. The predicted molar refractivity (Wildman–Crippen MR) is 73.4 cm³/mol. The molecule has 0 saturated carbocycles. The first-order valence-corrected chi connectivity index (χ1v) is 7.96. The predicted octanol–water partition coefficient (Wildman–Crippen LogP) is -0.00402. The number of aliphatic hydroxyl groups excluding tert-OH is 1. The van der Waals surface area contributed by atoms with E-state index in [4.69, 9.17) is 10.4 Å².